The average molecular weight is 262 g/mol. The number of carbonyl (C=O) groups is 1. The van der Waals surface area contributed by atoms with E-state index in [1.165, 1.54) is 12.8 Å². The fourth-order valence-corrected chi connectivity index (χ4v) is 2.02. The van der Waals surface area contributed by atoms with Crippen molar-refractivity contribution in [1.29, 1.82) is 0 Å². The monoisotopic (exact) mass is 262 g/mol. The Labute approximate surface area is 114 Å². The summed E-state index contributed by atoms with van der Waals surface area (Å²) in [6, 6.07) is 7.18. The molecule has 1 unspecified atom stereocenters. The largest absolute Gasteiger partial charge is 0.493 e. The van der Waals surface area contributed by atoms with Gasteiger partial charge in [-0.15, -0.1) is 0 Å². The first-order chi connectivity index (χ1) is 9.15. The minimum absolute atomic E-state index is 0.0583. The maximum absolute atomic E-state index is 11.6. The number of nitrogens with two attached hydrogens (primary N) is 1. The molecule has 0 heterocycles. The van der Waals surface area contributed by atoms with Gasteiger partial charge in [-0.25, -0.2) is 0 Å². The summed E-state index contributed by atoms with van der Waals surface area (Å²) >= 11 is 0. The summed E-state index contributed by atoms with van der Waals surface area (Å²) in [6.07, 6.45) is 3.02. The van der Waals surface area contributed by atoms with Gasteiger partial charge in [0.05, 0.1) is 13.0 Å². The van der Waals surface area contributed by atoms with Crippen LogP contribution < -0.4 is 15.8 Å². The molecule has 4 heteroatoms. The quantitative estimate of drug-likeness (QED) is 0.740. The minimum Gasteiger partial charge on any atom is -0.493 e. The van der Waals surface area contributed by atoms with Crippen LogP contribution in [0.5, 0.6) is 5.75 Å². The molecule has 1 saturated carbocycles. The van der Waals surface area contributed by atoms with Crippen LogP contribution in [0.2, 0.25) is 0 Å². The predicted octanol–water partition coefficient (Wildman–Crippen LogP) is 2.20. The van der Waals surface area contributed by atoms with E-state index in [-0.39, 0.29) is 5.91 Å². The van der Waals surface area contributed by atoms with Crippen LogP contribution in [0.4, 0.5) is 5.69 Å². The number of nitrogens with one attached hydrogen (secondary N) is 1. The first-order valence-corrected chi connectivity index (χ1v) is 6.90. The molecule has 19 heavy (non-hydrogen) atoms. The fourth-order valence-electron chi connectivity index (χ4n) is 2.02. The summed E-state index contributed by atoms with van der Waals surface area (Å²) < 4.78 is 5.48. The lowest BCUT2D eigenvalue weighted by Gasteiger charge is -2.11. The van der Waals surface area contributed by atoms with Crippen molar-refractivity contribution in [2.75, 3.05) is 18.9 Å². The summed E-state index contributed by atoms with van der Waals surface area (Å²) in [7, 11) is 0. The predicted molar refractivity (Wildman–Crippen MR) is 75.9 cm³/mol. The summed E-state index contributed by atoms with van der Waals surface area (Å²) in [5.74, 6) is 2.23. The number of amides is 1. The number of hydrogen-bond donors (Lipinski definition) is 2. The Balaban J connectivity index is 1.59. The molecule has 0 radical (unpaired) electrons. The van der Waals surface area contributed by atoms with Gasteiger partial charge in [-0.2, -0.15) is 0 Å². The zero-order valence-electron chi connectivity index (χ0n) is 11.4. The molecule has 1 aromatic carbocycles. The van der Waals surface area contributed by atoms with Gasteiger partial charge in [0.25, 0.3) is 0 Å². The first-order valence-electron chi connectivity index (χ1n) is 6.90. The molecule has 104 valence electrons. The number of carbonyl (C=O) groups excluding carboxylic acids is 1. The Morgan fingerprint density at radius 3 is 2.74 bits per heavy atom. The molecule has 1 amide bonds. The van der Waals surface area contributed by atoms with Gasteiger partial charge >= 0.3 is 0 Å². The first kappa shape index (κ1) is 13.7. The molecule has 1 aliphatic rings. The van der Waals surface area contributed by atoms with Gasteiger partial charge in [0.1, 0.15) is 5.75 Å². The summed E-state index contributed by atoms with van der Waals surface area (Å²) in [5, 5.41) is 2.96. The van der Waals surface area contributed by atoms with Gasteiger partial charge in [-0.3, -0.25) is 4.79 Å². The van der Waals surface area contributed by atoms with Crippen molar-refractivity contribution in [3.05, 3.63) is 24.3 Å². The molecule has 0 bridgehead atoms. The third-order valence-corrected chi connectivity index (χ3v) is 3.53. The van der Waals surface area contributed by atoms with Crippen molar-refractivity contribution >= 4 is 11.6 Å². The Morgan fingerprint density at radius 2 is 2.11 bits per heavy atom. The second-order valence-electron chi connectivity index (χ2n) is 5.29. The highest BCUT2D eigenvalue weighted by molar-refractivity contribution is 5.75. The highest BCUT2D eigenvalue weighted by atomic mass is 16.5. The molecule has 0 saturated heterocycles. The van der Waals surface area contributed by atoms with Crippen LogP contribution in [-0.4, -0.2) is 19.1 Å². The second kappa shape index (κ2) is 6.45. The summed E-state index contributed by atoms with van der Waals surface area (Å²) in [4.78, 5) is 11.6. The molecule has 0 aromatic heterocycles. The van der Waals surface area contributed by atoms with Crippen molar-refractivity contribution in [3.8, 4) is 5.75 Å². The van der Waals surface area contributed by atoms with Gasteiger partial charge < -0.3 is 15.8 Å². The van der Waals surface area contributed by atoms with Crippen LogP contribution in [0.1, 0.15) is 26.2 Å². The van der Waals surface area contributed by atoms with Crippen molar-refractivity contribution in [3.63, 3.8) is 0 Å². The molecule has 2 rings (SSSR count). The lowest BCUT2D eigenvalue weighted by atomic mass is 10.1. The zero-order chi connectivity index (χ0) is 13.7. The smallest absolute Gasteiger partial charge is 0.223 e. The molecular formula is C15H22N2O2. The van der Waals surface area contributed by atoms with Crippen molar-refractivity contribution in [2.45, 2.75) is 26.2 Å². The van der Waals surface area contributed by atoms with E-state index in [4.69, 9.17) is 10.5 Å². The Bertz CT molecular complexity index is 413. The van der Waals surface area contributed by atoms with E-state index >= 15 is 0 Å². The van der Waals surface area contributed by atoms with Gasteiger partial charge in [-0.1, -0.05) is 6.92 Å². The number of rotatable bonds is 7. The summed E-state index contributed by atoms with van der Waals surface area (Å²) in [6.45, 7) is 3.38. The van der Waals surface area contributed by atoms with E-state index in [0.717, 1.165) is 18.2 Å². The van der Waals surface area contributed by atoms with Crippen molar-refractivity contribution in [1.82, 2.24) is 5.32 Å². The van der Waals surface area contributed by atoms with E-state index in [1.54, 1.807) is 12.1 Å². The molecule has 1 atom stereocenters. The fraction of sp³-hybridized carbons (Fsp3) is 0.533. The third kappa shape index (κ3) is 4.81. The van der Waals surface area contributed by atoms with Crippen LogP contribution in [0, 0.1) is 11.8 Å². The average Bonchev–Trinajstić information content (AvgIpc) is 3.23. The SMILES string of the molecule is CC(CNC(=O)CCOc1ccc(N)cc1)C1CC1. The van der Waals surface area contributed by atoms with Crippen LogP contribution >= 0.6 is 0 Å². The van der Waals surface area contributed by atoms with Gasteiger partial charge in [0.2, 0.25) is 5.91 Å². The van der Waals surface area contributed by atoms with E-state index < -0.39 is 0 Å². The normalized spacial score (nSPS) is 15.8. The van der Waals surface area contributed by atoms with Crippen LogP contribution in [0.15, 0.2) is 24.3 Å². The highest BCUT2D eigenvalue weighted by Crippen LogP contribution is 2.36. The standard InChI is InChI=1S/C15H22N2O2/c1-11(12-2-3-12)10-17-15(18)8-9-19-14-6-4-13(16)5-7-14/h4-7,11-12H,2-3,8-10,16H2,1H3,(H,17,18). The number of ether oxygens (including phenoxy) is 1. The van der Waals surface area contributed by atoms with Gasteiger partial charge in [0.15, 0.2) is 0 Å². The van der Waals surface area contributed by atoms with Crippen molar-refractivity contribution < 1.29 is 9.53 Å². The Morgan fingerprint density at radius 1 is 1.42 bits per heavy atom. The Hall–Kier alpha value is -1.71. The van der Waals surface area contributed by atoms with E-state index in [1.807, 2.05) is 12.1 Å². The van der Waals surface area contributed by atoms with Gasteiger partial charge in [-0.05, 0) is 48.9 Å². The van der Waals surface area contributed by atoms with E-state index in [2.05, 4.69) is 12.2 Å². The van der Waals surface area contributed by atoms with E-state index in [0.29, 0.717) is 24.6 Å². The second-order valence-corrected chi connectivity index (χ2v) is 5.29. The number of anilines is 1. The molecule has 1 fully saturated rings. The maximum atomic E-state index is 11.6. The number of benzene rings is 1. The van der Waals surface area contributed by atoms with Crippen LogP contribution in [-0.2, 0) is 4.79 Å². The molecule has 1 aromatic rings. The molecular weight excluding hydrogens is 240 g/mol. The maximum Gasteiger partial charge on any atom is 0.223 e. The van der Waals surface area contributed by atoms with Crippen LogP contribution in [0.3, 0.4) is 0 Å². The third-order valence-electron chi connectivity index (χ3n) is 3.53. The topological polar surface area (TPSA) is 64.3 Å². The van der Waals surface area contributed by atoms with Crippen molar-refractivity contribution in [2.24, 2.45) is 11.8 Å². The number of nitrogen functional groups attached to an aromatic ring is 1. The highest BCUT2D eigenvalue weighted by Gasteiger charge is 2.27. The molecule has 4 nitrogen and oxygen atoms in total. The molecule has 3 N–H and O–H groups in total. The molecule has 0 aliphatic heterocycles. The summed E-state index contributed by atoms with van der Waals surface area (Å²) in [5.41, 5.74) is 6.29. The van der Waals surface area contributed by atoms with Crippen LogP contribution in [0.25, 0.3) is 0 Å². The zero-order valence-corrected chi connectivity index (χ0v) is 11.4. The van der Waals surface area contributed by atoms with E-state index in [9.17, 15) is 4.79 Å². The molecule has 0 spiro atoms. The lowest BCUT2D eigenvalue weighted by molar-refractivity contribution is -0.121. The Kier molecular flexibility index (Phi) is 4.66. The lowest BCUT2D eigenvalue weighted by Crippen LogP contribution is -2.29. The van der Waals surface area contributed by atoms with Gasteiger partial charge in [0, 0.05) is 12.2 Å². The minimum atomic E-state index is 0.0583. The molecule has 1 aliphatic carbocycles. The number of hydrogen-bond acceptors (Lipinski definition) is 3.